The van der Waals surface area contributed by atoms with Gasteiger partial charge >= 0.3 is 18.0 Å². The Labute approximate surface area is 315 Å². The summed E-state index contributed by atoms with van der Waals surface area (Å²) in [6.45, 7) is 3.59. The number of benzene rings is 4. The lowest BCUT2D eigenvalue weighted by molar-refractivity contribution is 0.0600. The second kappa shape index (κ2) is 19.5. The normalized spacial score (nSPS) is 14.0. The number of methoxy groups -OCH3 is 1. The molecule has 0 aromatic heterocycles. The van der Waals surface area contributed by atoms with E-state index in [1.165, 1.54) is 31.4 Å². The topological polar surface area (TPSA) is 116 Å². The van der Waals surface area contributed by atoms with Gasteiger partial charge in [0.15, 0.2) is 5.78 Å². The number of hydrogen-bond donors (Lipinski definition) is 1. The number of likely N-dealkylation sites (tertiary alicyclic amines) is 2. The van der Waals surface area contributed by atoms with Gasteiger partial charge < -0.3 is 20.3 Å². The van der Waals surface area contributed by atoms with Crippen molar-refractivity contribution in [1.29, 1.82) is 0 Å². The largest absolute Gasteiger partial charge is 0.465 e. The molecule has 54 heavy (non-hydrogen) atoms. The van der Waals surface area contributed by atoms with Crippen LogP contribution in [0.5, 0.6) is 0 Å². The number of esters is 1. The summed E-state index contributed by atoms with van der Waals surface area (Å²) in [5, 5.41) is 0. The standard InChI is InChI=1S/C21H24FN3O2.C21H23FN2O3/c22-18-8-10-19(11-9-18)25(21(27)24-12-2-1-3-13-24)15-16-4-6-17(7-5-16)20(26)14-23;1-27-20(25)17-7-5-16(6-8-17)15-24(19-11-9-18(22)10-12-19)21(26)23-13-3-2-4-14-23/h4-11H,1-3,12-15,23H2;5-12H,2-4,13-15H2,1H3. The van der Waals surface area contributed by atoms with E-state index >= 15 is 0 Å². The van der Waals surface area contributed by atoms with E-state index < -0.39 is 5.97 Å². The molecule has 0 atom stereocenters. The van der Waals surface area contributed by atoms with Gasteiger partial charge in [0.05, 0.1) is 32.3 Å². The van der Waals surface area contributed by atoms with E-state index in [0.29, 0.717) is 35.6 Å². The number of hydrogen-bond acceptors (Lipinski definition) is 6. The molecule has 284 valence electrons. The van der Waals surface area contributed by atoms with Crippen LogP contribution >= 0.6 is 0 Å². The summed E-state index contributed by atoms with van der Waals surface area (Å²) in [7, 11) is 1.34. The zero-order chi connectivity index (χ0) is 38.5. The number of urea groups is 2. The average molecular weight is 740 g/mol. The van der Waals surface area contributed by atoms with Crippen molar-refractivity contribution in [1.82, 2.24) is 9.80 Å². The molecule has 2 fully saturated rings. The molecule has 2 heterocycles. The molecule has 0 bridgehead atoms. The average Bonchev–Trinajstić information content (AvgIpc) is 3.23. The van der Waals surface area contributed by atoms with Gasteiger partial charge in [-0.15, -0.1) is 0 Å². The minimum Gasteiger partial charge on any atom is -0.465 e. The van der Waals surface area contributed by atoms with Gasteiger partial charge in [0.25, 0.3) is 0 Å². The maximum absolute atomic E-state index is 13.3. The van der Waals surface area contributed by atoms with Crippen LogP contribution < -0.4 is 15.5 Å². The fraction of sp³-hybridized carbons (Fsp3) is 0.333. The maximum atomic E-state index is 13.3. The molecule has 10 nitrogen and oxygen atoms in total. The Bertz CT molecular complexity index is 1710. The number of nitrogens with zero attached hydrogens (tertiary/aromatic N) is 4. The predicted octanol–water partition coefficient (Wildman–Crippen LogP) is 7.80. The molecular weight excluding hydrogens is 692 g/mol. The fourth-order valence-corrected chi connectivity index (χ4v) is 6.44. The lowest BCUT2D eigenvalue weighted by Gasteiger charge is -2.33. The number of ketones is 1. The van der Waals surface area contributed by atoms with Crippen molar-refractivity contribution >= 4 is 35.2 Å². The number of amides is 4. The van der Waals surface area contributed by atoms with Gasteiger partial charge in [-0.25, -0.2) is 23.2 Å². The number of rotatable bonds is 9. The Balaban J connectivity index is 0.000000208. The Kier molecular flexibility index (Phi) is 14.3. The van der Waals surface area contributed by atoms with Crippen LogP contribution in [0.2, 0.25) is 0 Å². The van der Waals surface area contributed by atoms with E-state index in [-0.39, 0.29) is 36.0 Å². The van der Waals surface area contributed by atoms with Crippen molar-refractivity contribution in [2.75, 3.05) is 49.6 Å². The Morgan fingerprint density at radius 2 is 0.944 bits per heavy atom. The first kappa shape index (κ1) is 39.6. The van der Waals surface area contributed by atoms with Crippen LogP contribution in [0.4, 0.5) is 29.7 Å². The van der Waals surface area contributed by atoms with Gasteiger partial charge in [-0.2, -0.15) is 0 Å². The van der Waals surface area contributed by atoms with Crippen molar-refractivity contribution in [3.8, 4) is 0 Å². The zero-order valence-electron chi connectivity index (χ0n) is 30.6. The Morgan fingerprint density at radius 1 is 0.574 bits per heavy atom. The van der Waals surface area contributed by atoms with Gasteiger partial charge in [0.2, 0.25) is 0 Å². The number of Topliss-reactive ketones (excluding diaryl/α,β-unsaturated/α-hetero) is 1. The second-order valence-electron chi connectivity index (χ2n) is 13.3. The van der Waals surface area contributed by atoms with E-state index in [9.17, 15) is 28.0 Å². The number of ether oxygens (including phenoxy) is 1. The molecule has 0 radical (unpaired) electrons. The van der Waals surface area contributed by atoms with Crippen LogP contribution in [0, 0.1) is 11.6 Å². The summed E-state index contributed by atoms with van der Waals surface area (Å²) in [5.74, 6) is -1.21. The van der Waals surface area contributed by atoms with Crippen molar-refractivity contribution in [2.45, 2.75) is 51.6 Å². The van der Waals surface area contributed by atoms with Crippen molar-refractivity contribution in [3.63, 3.8) is 0 Å². The van der Waals surface area contributed by atoms with Crippen LogP contribution in [0.3, 0.4) is 0 Å². The van der Waals surface area contributed by atoms with Crippen molar-refractivity contribution in [3.05, 3.63) is 131 Å². The quantitative estimate of drug-likeness (QED) is 0.138. The van der Waals surface area contributed by atoms with Crippen molar-refractivity contribution < 1.29 is 32.7 Å². The summed E-state index contributed by atoms with van der Waals surface area (Å²) >= 11 is 0. The molecule has 12 heteroatoms. The van der Waals surface area contributed by atoms with Crippen LogP contribution in [-0.2, 0) is 17.8 Å². The number of carbonyl (C=O) groups excluding carboxylic acids is 4. The highest BCUT2D eigenvalue weighted by atomic mass is 19.1. The van der Waals surface area contributed by atoms with Crippen LogP contribution in [0.15, 0.2) is 97.1 Å². The summed E-state index contributed by atoms with van der Waals surface area (Å²) in [4.78, 5) is 56.5. The molecule has 0 aliphatic carbocycles. The Morgan fingerprint density at radius 3 is 1.30 bits per heavy atom. The van der Waals surface area contributed by atoms with Gasteiger partial charge in [-0.3, -0.25) is 14.6 Å². The summed E-state index contributed by atoms with van der Waals surface area (Å²) < 4.78 is 31.4. The Hall–Kier alpha value is -5.62. The van der Waals surface area contributed by atoms with Gasteiger partial charge in [0.1, 0.15) is 11.6 Å². The molecule has 4 amide bonds. The minimum atomic E-state index is -0.402. The first-order valence-corrected chi connectivity index (χ1v) is 18.3. The number of halogens is 2. The lowest BCUT2D eigenvalue weighted by atomic mass is 10.1. The summed E-state index contributed by atoms with van der Waals surface area (Å²) in [6, 6.07) is 25.7. The number of anilines is 2. The van der Waals surface area contributed by atoms with Gasteiger partial charge in [-0.05, 0) is 110 Å². The predicted molar refractivity (Wildman–Crippen MR) is 204 cm³/mol. The third-order valence-electron chi connectivity index (χ3n) is 9.51. The molecule has 0 unspecified atom stereocenters. The monoisotopic (exact) mass is 739 g/mol. The smallest absolute Gasteiger partial charge is 0.337 e. The van der Waals surface area contributed by atoms with Crippen LogP contribution in [0.1, 0.15) is 70.4 Å². The third kappa shape index (κ3) is 10.7. The zero-order valence-corrected chi connectivity index (χ0v) is 30.6. The molecule has 2 saturated heterocycles. The number of piperidine rings is 2. The first-order chi connectivity index (χ1) is 26.2. The van der Waals surface area contributed by atoms with Crippen LogP contribution in [-0.4, -0.2) is 73.4 Å². The highest BCUT2D eigenvalue weighted by Gasteiger charge is 2.26. The van der Waals surface area contributed by atoms with Gasteiger partial charge in [-0.1, -0.05) is 36.4 Å². The highest BCUT2D eigenvalue weighted by Crippen LogP contribution is 2.24. The highest BCUT2D eigenvalue weighted by molar-refractivity contribution is 5.97. The molecule has 4 aromatic carbocycles. The van der Waals surface area contributed by atoms with E-state index in [2.05, 4.69) is 0 Å². The van der Waals surface area contributed by atoms with E-state index in [1.54, 1.807) is 70.5 Å². The first-order valence-electron chi connectivity index (χ1n) is 18.3. The van der Waals surface area contributed by atoms with E-state index in [4.69, 9.17) is 10.5 Å². The second-order valence-corrected chi connectivity index (χ2v) is 13.3. The van der Waals surface area contributed by atoms with E-state index in [0.717, 1.165) is 75.8 Å². The fourth-order valence-electron chi connectivity index (χ4n) is 6.44. The molecule has 6 rings (SSSR count). The van der Waals surface area contributed by atoms with Crippen LogP contribution in [0.25, 0.3) is 0 Å². The number of nitrogens with two attached hydrogens (primary N) is 1. The van der Waals surface area contributed by atoms with E-state index in [1.807, 2.05) is 21.9 Å². The minimum absolute atomic E-state index is 0.0332. The molecule has 0 spiro atoms. The lowest BCUT2D eigenvalue weighted by Crippen LogP contribution is -2.45. The molecule has 0 saturated carbocycles. The SMILES string of the molecule is COC(=O)c1ccc(CN(C(=O)N2CCCCC2)c2ccc(F)cc2)cc1.NCC(=O)c1ccc(CN(C(=O)N2CCCCC2)c2ccc(F)cc2)cc1. The van der Waals surface area contributed by atoms with Crippen molar-refractivity contribution in [2.24, 2.45) is 5.73 Å². The summed E-state index contributed by atoms with van der Waals surface area (Å²) in [5.41, 5.74) is 9.45. The molecule has 2 aliphatic rings. The third-order valence-corrected chi connectivity index (χ3v) is 9.51. The number of carbonyl (C=O) groups is 4. The maximum Gasteiger partial charge on any atom is 0.337 e. The van der Waals surface area contributed by atoms with Gasteiger partial charge in [0, 0.05) is 43.1 Å². The summed E-state index contributed by atoms with van der Waals surface area (Å²) in [6.07, 6.45) is 6.26. The molecular formula is C42H47F2N5O5. The molecule has 2 aliphatic heterocycles. The molecule has 2 N–H and O–H groups in total. The molecule has 4 aromatic rings.